The number of hydrogen-bond acceptors (Lipinski definition) is 6. The molecular formula is C18H18N4O2. The van der Waals surface area contributed by atoms with Gasteiger partial charge in [-0.2, -0.15) is 4.98 Å². The number of hydrogen-bond donors (Lipinski definition) is 1. The molecule has 1 spiro atoms. The van der Waals surface area contributed by atoms with Gasteiger partial charge in [-0.3, -0.25) is 10.1 Å². The third-order valence-electron chi connectivity index (χ3n) is 5.38. The van der Waals surface area contributed by atoms with Gasteiger partial charge < -0.3 is 4.42 Å². The standard InChI is InChI=1S/C18H18N4O2/c23-13-8-7-12-15(13)18(9-3-4-10-18)22-16(19-12)21-17-20-11-5-1-2-6-14(11)24-17/h1-2,5-6,15H,3-4,7-10H2,(H,20,21,22). The number of fused-ring (bicyclic) bond motifs is 3. The zero-order chi connectivity index (χ0) is 16.1. The molecule has 24 heavy (non-hydrogen) atoms. The molecule has 1 N–H and O–H groups in total. The molecule has 1 unspecified atom stereocenters. The quantitative estimate of drug-likeness (QED) is 0.873. The zero-order valence-electron chi connectivity index (χ0n) is 13.3. The largest absolute Gasteiger partial charge is 0.423 e. The van der Waals surface area contributed by atoms with Crippen molar-refractivity contribution in [2.24, 2.45) is 15.9 Å². The number of carbonyl (C=O) groups is 1. The number of rotatable bonds is 1. The zero-order valence-corrected chi connectivity index (χ0v) is 13.3. The molecule has 3 aliphatic rings. The van der Waals surface area contributed by atoms with Crippen LogP contribution in [0.15, 0.2) is 38.7 Å². The highest BCUT2D eigenvalue weighted by Crippen LogP contribution is 2.46. The number of nitrogens with one attached hydrogen (secondary N) is 1. The van der Waals surface area contributed by atoms with Crippen LogP contribution in [0.2, 0.25) is 0 Å². The first-order valence-electron chi connectivity index (χ1n) is 8.56. The number of nitrogens with zero attached hydrogens (tertiary/aromatic N) is 3. The molecule has 5 rings (SSSR count). The lowest BCUT2D eigenvalue weighted by Crippen LogP contribution is -2.44. The van der Waals surface area contributed by atoms with Crippen molar-refractivity contribution in [1.29, 1.82) is 0 Å². The lowest BCUT2D eigenvalue weighted by molar-refractivity contribution is -0.121. The second-order valence-corrected chi connectivity index (χ2v) is 6.86. The molecule has 6 nitrogen and oxygen atoms in total. The molecule has 122 valence electrons. The van der Waals surface area contributed by atoms with Crippen molar-refractivity contribution in [3.8, 4) is 0 Å². The maximum atomic E-state index is 12.4. The maximum absolute atomic E-state index is 12.4. The first-order valence-corrected chi connectivity index (χ1v) is 8.56. The van der Waals surface area contributed by atoms with Crippen LogP contribution in [0, 0.1) is 5.92 Å². The van der Waals surface area contributed by atoms with Gasteiger partial charge in [0, 0.05) is 12.1 Å². The highest BCUT2D eigenvalue weighted by Gasteiger charge is 2.51. The Morgan fingerprint density at radius 3 is 2.83 bits per heavy atom. The number of benzene rings is 1. The minimum absolute atomic E-state index is 0.103. The van der Waals surface area contributed by atoms with Gasteiger partial charge in [-0.05, 0) is 31.4 Å². The normalized spacial score (nSPS) is 25.0. The van der Waals surface area contributed by atoms with E-state index in [-0.39, 0.29) is 11.5 Å². The summed E-state index contributed by atoms with van der Waals surface area (Å²) in [6, 6.07) is 8.03. The SMILES string of the molecule is O=C1CCC2=NC(Nc3nc4ccccc4o3)=NC3(CCCC3)C12. The van der Waals surface area contributed by atoms with Crippen molar-refractivity contribution >= 4 is 34.6 Å². The molecule has 6 heteroatoms. The monoisotopic (exact) mass is 322 g/mol. The highest BCUT2D eigenvalue weighted by molar-refractivity contribution is 6.18. The minimum Gasteiger partial charge on any atom is -0.423 e. The predicted octanol–water partition coefficient (Wildman–Crippen LogP) is 3.34. The molecule has 2 saturated carbocycles. The van der Waals surface area contributed by atoms with Crippen molar-refractivity contribution in [3.63, 3.8) is 0 Å². The van der Waals surface area contributed by atoms with Crippen LogP contribution in [-0.2, 0) is 4.79 Å². The van der Waals surface area contributed by atoms with Crippen LogP contribution in [0.1, 0.15) is 38.5 Å². The summed E-state index contributed by atoms with van der Waals surface area (Å²) >= 11 is 0. The molecule has 2 fully saturated rings. The number of oxazole rings is 1. The van der Waals surface area contributed by atoms with Crippen LogP contribution in [0.25, 0.3) is 11.1 Å². The number of Topliss-reactive ketones (excluding diaryl/α,β-unsaturated/α-hetero) is 1. The van der Waals surface area contributed by atoms with E-state index >= 15 is 0 Å². The number of ketones is 1. The summed E-state index contributed by atoms with van der Waals surface area (Å²) in [4.78, 5) is 26.3. The van der Waals surface area contributed by atoms with Gasteiger partial charge >= 0.3 is 6.01 Å². The molecule has 2 heterocycles. The Balaban J connectivity index is 1.52. The Morgan fingerprint density at radius 1 is 1.17 bits per heavy atom. The van der Waals surface area contributed by atoms with Gasteiger partial charge in [-0.15, -0.1) is 0 Å². The van der Waals surface area contributed by atoms with E-state index in [1.807, 2.05) is 24.3 Å². The average molecular weight is 322 g/mol. The van der Waals surface area contributed by atoms with E-state index < -0.39 is 0 Å². The summed E-state index contributed by atoms with van der Waals surface area (Å²) in [6.07, 6.45) is 5.51. The number of anilines is 1. The fourth-order valence-electron chi connectivity index (χ4n) is 4.36. The van der Waals surface area contributed by atoms with Crippen molar-refractivity contribution in [1.82, 2.24) is 4.98 Å². The van der Waals surface area contributed by atoms with Crippen LogP contribution in [0.5, 0.6) is 0 Å². The second-order valence-electron chi connectivity index (χ2n) is 6.86. The van der Waals surface area contributed by atoms with E-state index in [0.29, 0.717) is 24.2 Å². The number of para-hydroxylation sites is 2. The molecule has 0 amide bonds. The first-order chi connectivity index (χ1) is 11.7. The molecule has 1 atom stereocenters. The van der Waals surface area contributed by atoms with Crippen LogP contribution in [-0.4, -0.2) is 28.0 Å². The smallest absolute Gasteiger partial charge is 0.302 e. The fourth-order valence-corrected chi connectivity index (χ4v) is 4.36. The Hall–Kier alpha value is -2.50. The lowest BCUT2D eigenvalue weighted by atomic mass is 9.79. The molecule has 1 aromatic heterocycles. The number of aromatic nitrogens is 1. The summed E-state index contributed by atoms with van der Waals surface area (Å²) in [5.41, 5.74) is 2.22. The van der Waals surface area contributed by atoms with Gasteiger partial charge in [-0.1, -0.05) is 25.0 Å². The van der Waals surface area contributed by atoms with Crippen molar-refractivity contribution in [2.75, 3.05) is 5.32 Å². The Labute approximate surface area is 139 Å². The Morgan fingerprint density at radius 2 is 2.00 bits per heavy atom. The molecule has 1 aromatic carbocycles. The number of guanidine groups is 1. The van der Waals surface area contributed by atoms with E-state index in [1.54, 1.807) is 0 Å². The van der Waals surface area contributed by atoms with Gasteiger partial charge in [0.1, 0.15) is 11.3 Å². The molecule has 0 radical (unpaired) electrons. The Kier molecular flexibility index (Phi) is 2.89. The molecule has 0 saturated heterocycles. The fraction of sp³-hybridized carbons (Fsp3) is 0.444. The summed E-state index contributed by atoms with van der Waals surface area (Å²) in [5.74, 6) is 0.735. The van der Waals surface area contributed by atoms with E-state index in [1.165, 1.54) is 0 Å². The highest BCUT2D eigenvalue weighted by atomic mass is 16.4. The van der Waals surface area contributed by atoms with Gasteiger partial charge in [0.25, 0.3) is 0 Å². The van der Waals surface area contributed by atoms with E-state index in [9.17, 15) is 4.79 Å². The van der Waals surface area contributed by atoms with Crippen molar-refractivity contribution in [3.05, 3.63) is 24.3 Å². The topological polar surface area (TPSA) is 79.9 Å². The van der Waals surface area contributed by atoms with Gasteiger partial charge in [-0.25, -0.2) is 9.98 Å². The Bertz CT molecular complexity index is 856. The minimum atomic E-state index is -0.293. The van der Waals surface area contributed by atoms with Gasteiger partial charge in [0.05, 0.1) is 11.5 Å². The van der Waals surface area contributed by atoms with Crippen LogP contribution in [0.4, 0.5) is 6.01 Å². The molecule has 1 aliphatic heterocycles. The number of aliphatic imine (C=N–C) groups is 2. The summed E-state index contributed by atoms with van der Waals surface area (Å²) in [5, 5.41) is 3.12. The van der Waals surface area contributed by atoms with E-state index in [2.05, 4.69) is 15.3 Å². The molecule has 0 bridgehead atoms. The third kappa shape index (κ3) is 2.02. The number of carbonyl (C=O) groups excluding carboxylic acids is 1. The third-order valence-corrected chi connectivity index (χ3v) is 5.38. The van der Waals surface area contributed by atoms with Gasteiger partial charge in [0.2, 0.25) is 5.96 Å². The van der Waals surface area contributed by atoms with Gasteiger partial charge in [0.15, 0.2) is 5.58 Å². The van der Waals surface area contributed by atoms with E-state index in [0.717, 1.165) is 48.9 Å². The molecular weight excluding hydrogens is 304 g/mol. The van der Waals surface area contributed by atoms with Crippen LogP contribution >= 0.6 is 0 Å². The summed E-state index contributed by atoms with van der Waals surface area (Å²) in [7, 11) is 0. The average Bonchev–Trinajstić information content (AvgIpc) is 3.27. The molecule has 2 aliphatic carbocycles. The van der Waals surface area contributed by atoms with Crippen LogP contribution in [0.3, 0.4) is 0 Å². The van der Waals surface area contributed by atoms with Crippen molar-refractivity contribution in [2.45, 2.75) is 44.1 Å². The van der Waals surface area contributed by atoms with Crippen LogP contribution < -0.4 is 5.32 Å². The first kappa shape index (κ1) is 13.9. The second kappa shape index (κ2) is 5.00. The predicted molar refractivity (Wildman–Crippen MR) is 91.4 cm³/mol. The summed E-state index contributed by atoms with van der Waals surface area (Å²) < 4.78 is 5.72. The lowest BCUT2D eigenvalue weighted by Gasteiger charge is -2.33. The molecule has 2 aromatic rings. The maximum Gasteiger partial charge on any atom is 0.302 e. The summed E-state index contributed by atoms with van der Waals surface area (Å²) in [6.45, 7) is 0. The van der Waals surface area contributed by atoms with Crippen molar-refractivity contribution < 1.29 is 9.21 Å². The van der Waals surface area contributed by atoms with E-state index in [4.69, 9.17) is 9.41 Å².